The molecule has 1 atom stereocenters. The molecular weight excluding hydrogens is 252 g/mol. The monoisotopic (exact) mass is 268 g/mol. The van der Waals surface area contributed by atoms with Crippen LogP contribution in [0.1, 0.15) is 6.92 Å². The van der Waals surface area contributed by atoms with Crippen LogP contribution in [-0.2, 0) is 6.54 Å². The summed E-state index contributed by atoms with van der Waals surface area (Å²) in [5.74, 6) is 0.772. The molecule has 3 rings (SSSR count). The number of rotatable bonds is 5. The van der Waals surface area contributed by atoms with Crippen LogP contribution in [0.2, 0.25) is 0 Å². The Morgan fingerprint density at radius 2 is 2.30 bits per heavy atom. The molecule has 2 aromatic heterocycles. The first-order valence-electron chi connectivity index (χ1n) is 6.51. The zero-order chi connectivity index (χ0) is 13.8. The number of H-pyrrole nitrogens is 1. The van der Waals surface area contributed by atoms with Gasteiger partial charge in [-0.3, -0.25) is 9.78 Å². The normalized spacial score (nSPS) is 12.2. The molecule has 3 aromatic rings. The number of hydrogen-bond acceptors (Lipinski definition) is 4. The summed E-state index contributed by atoms with van der Waals surface area (Å²) in [5.41, 5.74) is 2.07. The van der Waals surface area contributed by atoms with Gasteiger partial charge < -0.3 is 5.32 Å². The Balaban J connectivity index is 1.70. The van der Waals surface area contributed by atoms with Crippen molar-refractivity contribution in [1.29, 1.82) is 0 Å². The summed E-state index contributed by atoms with van der Waals surface area (Å²) < 4.78 is 1.91. The Morgan fingerprint density at radius 3 is 3.05 bits per heavy atom. The van der Waals surface area contributed by atoms with Crippen molar-refractivity contribution in [3.05, 3.63) is 49.1 Å². The SMILES string of the molecule is C[C@@H](Cn1cccn1)Nc1cccc(-c2ncn[nH]2)c1. The molecular formula is C14H16N6. The van der Waals surface area contributed by atoms with Crippen molar-refractivity contribution < 1.29 is 0 Å². The van der Waals surface area contributed by atoms with Crippen molar-refractivity contribution in [2.75, 3.05) is 5.32 Å². The van der Waals surface area contributed by atoms with Gasteiger partial charge in [0.05, 0.1) is 6.54 Å². The summed E-state index contributed by atoms with van der Waals surface area (Å²) in [6.07, 6.45) is 5.26. The molecule has 0 spiro atoms. The van der Waals surface area contributed by atoms with Gasteiger partial charge in [0.1, 0.15) is 6.33 Å². The first kappa shape index (κ1) is 12.4. The fourth-order valence-electron chi connectivity index (χ4n) is 2.12. The number of anilines is 1. The predicted octanol–water partition coefficient (Wildman–Crippen LogP) is 2.17. The van der Waals surface area contributed by atoms with Crippen LogP contribution in [0.5, 0.6) is 0 Å². The van der Waals surface area contributed by atoms with Gasteiger partial charge >= 0.3 is 0 Å². The largest absolute Gasteiger partial charge is 0.381 e. The summed E-state index contributed by atoms with van der Waals surface area (Å²) in [5, 5.41) is 14.4. The van der Waals surface area contributed by atoms with E-state index in [4.69, 9.17) is 0 Å². The Labute approximate surface area is 116 Å². The maximum Gasteiger partial charge on any atom is 0.155 e. The van der Waals surface area contributed by atoms with Gasteiger partial charge in [-0.25, -0.2) is 4.98 Å². The molecule has 102 valence electrons. The maximum atomic E-state index is 4.21. The Kier molecular flexibility index (Phi) is 3.45. The third-order valence-electron chi connectivity index (χ3n) is 2.98. The van der Waals surface area contributed by atoms with Crippen LogP contribution in [0, 0.1) is 0 Å². The van der Waals surface area contributed by atoms with E-state index in [1.807, 2.05) is 35.1 Å². The summed E-state index contributed by atoms with van der Waals surface area (Å²) in [7, 11) is 0. The van der Waals surface area contributed by atoms with Crippen molar-refractivity contribution in [3.63, 3.8) is 0 Å². The maximum absolute atomic E-state index is 4.21. The number of aromatic amines is 1. The summed E-state index contributed by atoms with van der Waals surface area (Å²) in [4.78, 5) is 4.16. The van der Waals surface area contributed by atoms with Gasteiger partial charge in [-0.05, 0) is 25.1 Å². The fraction of sp³-hybridized carbons (Fsp3) is 0.214. The standard InChI is InChI=1S/C14H16N6/c1-11(9-20-7-3-6-17-20)18-13-5-2-4-12(8-13)14-15-10-16-19-14/h2-8,10-11,18H,9H2,1H3,(H,15,16,19)/t11-/m0/s1. The first-order chi connectivity index (χ1) is 9.81. The Morgan fingerprint density at radius 1 is 1.35 bits per heavy atom. The quantitative estimate of drug-likeness (QED) is 0.744. The second-order valence-corrected chi connectivity index (χ2v) is 4.69. The van der Waals surface area contributed by atoms with E-state index in [9.17, 15) is 0 Å². The van der Waals surface area contributed by atoms with Gasteiger partial charge in [-0.2, -0.15) is 10.2 Å². The molecule has 6 nitrogen and oxygen atoms in total. The zero-order valence-corrected chi connectivity index (χ0v) is 11.2. The lowest BCUT2D eigenvalue weighted by Crippen LogP contribution is -2.22. The van der Waals surface area contributed by atoms with Crippen LogP contribution >= 0.6 is 0 Å². The highest BCUT2D eigenvalue weighted by Crippen LogP contribution is 2.19. The van der Waals surface area contributed by atoms with E-state index in [0.29, 0.717) is 0 Å². The molecule has 0 aliphatic carbocycles. The minimum absolute atomic E-state index is 0.278. The molecule has 2 N–H and O–H groups in total. The van der Waals surface area contributed by atoms with E-state index in [1.54, 1.807) is 6.20 Å². The van der Waals surface area contributed by atoms with Gasteiger partial charge in [-0.15, -0.1) is 0 Å². The molecule has 0 aliphatic rings. The first-order valence-corrected chi connectivity index (χ1v) is 6.51. The third kappa shape index (κ3) is 2.85. The second-order valence-electron chi connectivity index (χ2n) is 4.69. The van der Waals surface area contributed by atoms with E-state index in [-0.39, 0.29) is 6.04 Å². The number of aromatic nitrogens is 5. The van der Waals surface area contributed by atoms with Crippen molar-refractivity contribution in [3.8, 4) is 11.4 Å². The van der Waals surface area contributed by atoms with Crippen molar-refractivity contribution in [1.82, 2.24) is 25.0 Å². The highest BCUT2D eigenvalue weighted by atomic mass is 15.3. The van der Waals surface area contributed by atoms with Gasteiger partial charge in [0.2, 0.25) is 0 Å². The van der Waals surface area contributed by atoms with Crippen LogP contribution in [0.15, 0.2) is 49.1 Å². The number of hydrogen-bond donors (Lipinski definition) is 2. The lowest BCUT2D eigenvalue weighted by atomic mass is 10.2. The fourth-order valence-corrected chi connectivity index (χ4v) is 2.12. The molecule has 2 heterocycles. The number of nitrogens with one attached hydrogen (secondary N) is 2. The van der Waals surface area contributed by atoms with Crippen LogP contribution in [0.25, 0.3) is 11.4 Å². The molecule has 0 fully saturated rings. The van der Waals surface area contributed by atoms with Crippen molar-refractivity contribution >= 4 is 5.69 Å². The molecule has 0 radical (unpaired) electrons. The van der Waals surface area contributed by atoms with Gasteiger partial charge in [-0.1, -0.05) is 12.1 Å². The van der Waals surface area contributed by atoms with Crippen LogP contribution < -0.4 is 5.32 Å². The van der Waals surface area contributed by atoms with E-state index < -0.39 is 0 Å². The number of nitrogens with zero attached hydrogens (tertiary/aromatic N) is 4. The third-order valence-corrected chi connectivity index (χ3v) is 2.98. The van der Waals surface area contributed by atoms with E-state index >= 15 is 0 Å². The average molecular weight is 268 g/mol. The van der Waals surface area contributed by atoms with Crippen molar-refractivity contribution in [2.24, 2.45) is 0 Å². The molecule has 0 saturated carbocycles. The Bertz CT molecular complexity index is 644. The van der Waals surface area contributed by atoms with Crippen LogP contribution in [0.3, 0.4) is 0 Å². The minimum atomic E-state index is 0.278. The molecule has 0 saturated heterocycles. The van der Waals surface area contributed by atoms with Crippen LogP contribution in [0.4, 0.5) is 5.69 Å². The van der Waals surface area contributed by atoms with Gasteiger partial charge in [0.15, 0.2) is 5.82 Å². The van der Waals surface area contributed by atoms with E-state index in [2.05, 4.69) is 38.6 Å². The molecule has 0 bridgehead atoms. The molecule has 0 aliphatic heterocycles. The van der Waals surface area contributed by atoms with Gasteiger partial charge in [0.25, 0.3) is 0 Å². The van der Waals surface area contributed by atoms with Crippen molar-refractivity contribution in [2.45, 2.75) is 19.5 Å². The topological polar surface area (TPSA) is 71.4 Å². The molecule has 6 heteroatoms. The lowest BCUT2D eigenvalue weighted by molar-refractivity contribution is 0.561. The molecule has 1 aromatic carbocycles. The van der Waals surface area contributed by atoms with E-state index in [1.165, 1.54) is 6.33 Å². The predicted molar refractivity (Wildman–Crippen MR) is 77.1 cm³/mol. The molecule has 20 heavy (non-hydrogen) atoms. The zero-order valence-electron chi connectivity index (χ0n) is 11.2. The molecule has 0 amide bonds. The number of benzene rings is 1. The molecule has 0 unspecified atom stereocenters. The van der Waals surface area contributed by atoms with E-state index in [0.717, 1.165) is 23.6 Å². The lowest BCUT2D eigenvalue weighted by Gasteiger charge is -2.15. The highest BCUT2D eigenvalue weighted by molar-refractivity contribution is 5.62. The highest BCUT2D eigenvalue weighted by Gasteiger charge is 2.05. The smallest absolute Gasteiger partial charge is 0.155 e. The summed E-state index contributed by atoms with van der Waals surface area (Å²) in [6.45, 7) is 2.95. The average Bonchev–Trinajstić information content (AvgIpc) is 3.11. The van der Waals surface area contributed by atoms with Gasteiger partial charge in [0, 0.05) is 29.7 Å². The Hall–Kier alpha value is -2.63. The van der Waals surface area contributed by atoms with Crippen LogP contribution in [-0.4, -0.2) is 31.0 Å². The minimum Gasteiger partial charge on any atom is -0.381 e. The summed E-state index contributed by atoms with van der Waals surface area (Å²) >= 11 is 0. The summed E-state index contributed by atoms with van der Waals surface area (Å²) in [6, 6.07) is 10.3. The second kappa shape index (κ2) is 5.56.